The lowest BCUT2D eigenvalue weighted by Gasteiger charge is -2.12. The van der Waals surface area contributed by atoms with Crippen molar-refractivity contribution in [3.8, 4) is 5.75 Å². The Morgan fingerprint density at radius 3 is 2.37 bits per heavy atom. The summed E-state index contributed by atoms with van der Waals surface area (Å²) < 4.78 is 0. The molecule has 19 heavy (non-hydrogen) atoms. The molecule has 1 heterocycles. The molecule has 1 unspecified atom stereocenters. The molecule has 1 aromatic carbocycles. The Hall–Kier alpha value is -2.07. The van der Waals surface area contributed by atoms with Crippen molar-refractivity contribution >= 4 is 5.82 Å². The third-order valence-electron chi connectivity index (χ3n) is 2.42. The van der Waals surface area contributed by atoms with E-state index in [4.69, 9.17) is 5.11 Å². The largest absolute Gasteiger partial charge is 0.508 e. The number of rotatable bonds is 4. The van der Waals surface area contributed by atoms with E-state index in [9.17, 15) is 5.11 Å². The zero-order valence-corrected chi connectivity index (χ0v) is 11.2. The normalized spacial score (nSPS) is 11.1. The summed E-state index contributed by atoms with van der Waals surface area (Å²) in [6, 6.07) is 12.0. The quantitative estimate of drug-likeness (QED) is 0.790. The second kappa shape index (κ2) is 8.11. The van der Waals surface area contributed by atoms with Crippen LogP contribution in [0.5, 0.6) is 5.75 Å². The molecule has 4 nitrogen and oxygen atoms in total. The zero-order chi connectivity index (χ0) is 14.1. The summed E-state index contributed by atoms with van der Waals surface area (Å²) in [4.78, 5) is 4.10. The first-order valence-electron chi connectivity index (χ1n) is 6.37. The van der Waals surface area contributed by atoms with Crippen molar-refractivity contribution in [2.75, 3.05) is 11.9 Å². The lowest BCUT2D eigenvalue weighted by molar-refractivity contribution is 0.191. The number of nitrogens with one attached hydrogen (secondary N) is 1. The zero-order valence-electron chi connectivity index (χ0n) is 11.2. The van der Waals surface area contributed by atoms with E-state index in [1.807, 2.05) is 32.0 Å². The molecule has 0 saturated heterocycles. The van der Waals surface area contributed by atoms with Crippen molar-refractivity contribution in [1.29, 1.82) is 0 Å². The molecule has 3 N–H and O–H groups in total. The van der Waals surface area contributed by atoms with Gasteiger partial charge in [0, 0.05) is 12.7 Å². The maximum absolute atomic E-state index is 9.90. The van der Waals surface area contributed by atoms with Crippen LogP contribution in [-0.4, -0.2) is 21.7 Å². The molecule has 0 saturated carbocycles. The molecule has 0 radical (unpaired) electrons. The molecule has 0 aliphatic carbocycles. The molecule has 0 aliphatic heterocycles. The van der Waals surface area contributed by atoms with Crippen molar-refractivity contribution in [2.45, 2.75) is 20.0 Å². The van der Waals surface area contributed by atoms with Crippen molar-refractivity contribution in [3.63, 3.8) is 0 Å². The summed E-state index contributed by atoms with van der Waals surface area (Å²) >= 11 is 0. The SMILES string of the molecule is CC.Oc1ccc(C(O)CNc2ccccn2)cc1. The third kappa shape index (κ3) is 4.97. The second-order valence-corrected chi connectivity index (χ2v) is 3.70. The molecule has 2 rings (SSSR count). The number of phenols is 1. The molecule has 1 aromatic heterocycles. The topological polar surface area (TPSA) is 65.4 Å². The Morgan fingerprint density at radius 1 is 1.11 bits per heavy atom. The molecular weight excluding hydrogens is 240 g/mol. The average Bonchev–Trinajstić information content (AvgIpc) is 2.49. The summed E-state index contributed by atoms with van der Waals surface area (Å²) in [5, 5.41) is 22.1. The van der Waals surface area contributed by atoms with E-state index in [1.165, 1.54) is 0 Å². The molecule has 1 atom stereocenters. The first kappa shape index (κ1) is 15.0. The van der Waals surface area contributed by atoms with Gasteiger partial charge in [-0.1, -0.05) is 32.0 Å². The smallest absolute Gasteiger partial charge is 0.125 e. The third-order valence-corrected chi connectivity index (χ3v) is 2.42. The van der Waals surface area contributed by atoms with Gasteiger partial charge in [-0.3, -0.25) is 0 Å². The van der Waals surface area contributed by atoms with Gasteiger partial charge >= 0.3 is 0 Å². The maximum Gasteiger partial charge on any atom is 0.125 e. The van der Waals surface area contributed by atoms with Gasteiger partial charge in [-0.25, -0.2) is 4.98 Å². The first-order chi connectivity index (χ1) is 9.25. The number of aliphatic hydroxyl groups is 1. The fourth-order valence-electron chi connectivity index (χ4n) is 1.48. The number of aromatic hydroxyl groups is 1. The Kier molecular flexibility index (Phi) is 6.39. The van der Waals surface area contributed by atoms with Gasteiger partial charge in [0.15, 0.2) is 0 Å². The number of anilines is 1. The predicted molar refractivity (Wildman–Crippen MR) is 77.1 cm³/mol. The van der Waals surface area contributed by atoms with Crippen LogP contribution in [0, 0.1) is 0 Å². The number of pyridine rings is 1. The summed E-state index contributed by atoms with van der Waals surface area (Å²) in [6.07, 6.45) is 1.06. The molecule has 0 fully saturated rings. The number of aliphatic hydroxyl groups excluding tert-OH is 1. The Bertz CT molecular complexity index is 457. The van der Waals surface area contributed by atoms with E-state index in [-0.39, 0.29) is 5.75 Å². The Balaban J connectivity index is 0.000000861. The van der Waals surface area contributed by atoms with Gasteiger partial charge in [-0.05, 0) is 29.8 Å². The van der Waals surface area contributed by atoms with E-state index in [0.29, 0.717) is 6.54 Å². The monoisotopic (exact) mass is 260 g/mol. The highest BCUT2D eigenvalue weighted by molar-refractivity contribution is 5.34. The lowest BCUT2D eigenvalue weighted by Crippen LogP contribution is -2.12. The first-order valence-corrected chi connectivity index (χ1v) is 6.37. The fourth-order valence-corrected chi connectivity index (χ4v) is 1.48. The summed E-state index contributed by atoms with van der Waals surface area (Å²) in [5.41, 5.74) is 0.756. The standard InChI is InChI=1S/C13H14N2O2.C2H6/c16-11-6-4-10(5-7-11)12(17)9-15-13-3-1-2-8-14-13;1-2/h1-8,12,16-17H,9H2,(H,14,15);1-2H3. The van der Waals surface area contributed by atoms with Gasteiger partial charge in [0.25, 0.3) is 0 Å². The minimum atomic E-state index is -0.627. The van der Waals surface area contributed by atoms with Crippen LogP contribution in [-0.2, 0) is 0 Å². The number of benzene rings is 1. The van der Waals surface area contributed by atoms with Crippen LogP contribution in [0.25, 0.3) is 0 Å². The molecule has 2 aromatic rings. The number of hydrogen-bond acceptors (Lipinski definition) is 4. The van der Waals surface area contributed by atoms with E-state index >= 15 is 0 Å². The van der Waals surface area contributed by atoms with Crippen LogP contribution >= 0.6 is 0 Å². The van der Waals surface area contributed by atoms with E-state index in [1.54, 1.807) is 30.5 Å². The highest BCUT2D eigenvalue weighted by atomic mass is 16.3. The average molecular weight is 260 g/mol. The minimum Gasteiger partial charge on any atom is -0.508 e. The number of aromatic nitrogens is 1. The number of hydrogen-bond donors (Lipinski definition) is 3. The highest BCUT2D eigenvalue weighted by Crippen LogP contribution is 2.17. The summed E-state index contributed by atoms with van der Waals surface area (Å²) in [7, 11) is 0. The van der Waals surface area contributed by atoms with Gasteiger partial charge < -0.3 is 15.5 Å². The van der Waals surface area contributed by atoms with Crippen molar-refractivity contribution < 1.29 is 10.2 Å². The highest BCUT2D eigenvalue weighted by Gasteiger charge is 2.06. The van der Waals surface area contributed by atoms with Gasteiger partial charge in [0.05, 0.1) is 6.10 Å². The van der Waals surface area contributed by atoms with Gasteiger partial charge in [0.2, 0.25) is 0 Å². The predicted octanol–water partition coefficient (Wildman–Crippen LogP) is 2.96. The minimum absolute atomic E-state index is 0.193. The van der Waals surface area contributed by atoms with Crippen LogP contribution in [0.15, 0.2) is 48.7 Å². The van der Waals surface area contributed by atoms with Crippen molar-refractivity contribution in [3.05, 3.63) is 54.2 Å². The maximum atomic E-state index is 9.90. The van der Waals surface area contributed by atoms with Crippen LogP contribution in [0.4, 0.5) is 5.82 Å². The summed E-state index contributed by atoms with van der Waals surface area (Å²) in [6.45, 7) is 4.38. The van der Waals surface area contributed by atoms with Gasteiger partial charge in [0.1, 0.15) is 11.6 Å². The van der Waals surface area contributed by atoms with Crippen molar-refractivity contribution in [1.82, 2.24) is 4.98 Å². The Labute approximate surface area is 113 Å². The second-order valence-electron chi connectivity index (χ2n) is 3.70. The molecular formula is C15H20N2O2. The van der Waals surface area contributed by atoms with E-state index in [2.05, 4.69) is 10.3 Å². The molecule has 0 bridgehead atoms. The van der Waals surface area contributed by atoms with Crippen LogP contribution in [0.3, 0.4) is 0 Å². The van der Waals surface area contributed by atoms with E-state index < -0.39 is 6.10 Å². The number of phenolic OH excluding ortho intramolecular Hbond substituents is 1. The van der Waals surface area contributed by atoms with Gasteiger partial charge in [-0.15, -0.1) is 0 Å². The van der Waals surface area contributed by atoms with E-state index in [0.717, 1.165) is 11.4 Å². The van der Waals surface area contributed by atoms with Crippen molar-refractivity contribution in [2.24, 2.45) is 0 Å². The molecule has 102 valence electrons. The Morgan fingerprint density at radius 2 is 1.79 bits per heavy atom. The molecule has 4 heteroatoms. The van der Waals surface area contributed by atoms with Crippen LogP contribution < -0.4 is 5.32 Å². The molecule has 0 spiro atoms. The van der Waals surface area contributed by atoms with Crippen LogP contribution in [0.1, 0.15) is 25.5 Å². The molecule has 0 amide bonds. The van der Waals surface area contributed by atoms with Gasteiger partial charge in [-0.2, -0.15) is 0 Å². The fraction of sp³-hybridized carbons (Fsp3) is 0.267. The van der Waals surface area contributed by atoms with Crippen LogP contribution in [0.2, 0.25) is 0 Å². The lowest BCUT2D eigenvalue weighted by atomic mass is 10.1. The number of nitrogens with zero attached hydrogens (tertiary/aromatic N) is 1. The molecule has 0 aliphatic rings. The summed E-state index contributed by atoms with van der Waals surface area (Å²) in [5.74, 6) is 0.920.